The molecule has 4 amide bonds. The third-order valence-electron chi connectivity index (χ3n) is 13.0. The summed E-state index contributed by atoms with van der Waals surface area (Å²) in [6.07, 6.45) is 40.2. The van der Waals surface area contributed by atoms with Crippen molar-refractivity contribution in [2.75, 3.05) is 6.54 Å². The van der Waals surface area contributed by atoms with E-state index in [1.165, 1.54) is 175 Å². The Morgan fingerprint density at radius 3 is 0.970 bits per heavy atom. The highest BCUT2D eigenvalue weighted by Crippen LogP contribution is 2.16. The quantitative estimate of drug-likeness (QED) is 0.0440. The van der Waals surface area contributed by atoms with Gasteiger partial charge in [0.25, 0.3) is 0 Å². The van der Waals surface area contributed by atoms with Crippen LogP contribution in [0.2, 0.25) is 0 Å². The SMILES string of the molecule is CCCCCCCCCCCCCCCCCC(=O)NC(CCC(=O)NC(CCCCNC(=O)C(CCC(C)=O)NC(=O)CCCCCCCCCCCCCCCCC)C(C)=O)C(C)=O. The maximum atomic E-state index is 13.1. The van der Waals surface area contributed by atoms with E-state index < -0.39 is 18.1 Å². The van der Waals surface area contributed by atoms with Gasteiger partial charge in [0.05, 0.1) is 12.1 Å². The van der Waals surface area contributed by atoms with Crippen LogP contribution in [0.1, 0.15) is 285 Å². The summed E-state index contributed by atoms with van der Waals surface area (Å²) in [6.45, 7) is 9.14. The van der Waals surface area contributed by atoms with Gasteiger partial charge in [-0.2, -0.15) is 0 Å². The van der Waals surface area contributed by atoms with Crippen LogP contribution in [0.5, 0.6) is 0 Å². The Morgan fingerprint density at radius 1 is 0.318 bits per heavy atom. The molecule has 0 aromatic heterocycles. The van der Waals surface area contributed by atoms with Crippen LogP contribution >= 0.6 is 0 Å². The van der Waals surface area contributed by atoms with Gasteiger partial charge in [-0.25, -0.2) is 0 Å². The van der Waals surface area contributed by atoms with Crippen molar-refractivity contribution in [3.8, 4) is 0 Å². The molecule has 66 heavy (non-hydrogen) atoms. The summed E-state index contributed by atoms with van der Waals surface area (Å²) >= 11 is 0. The molecule has 0 aliphatic carbocycles. The van der Waals surface area contributed by atoms with Gasteiger partial charge < -0.3 is 26.1 Å². The molecule has 0 aromatic rings. The minimum atomic E-state index is -0.792. The number of nitrogens with one attached hydrogen (secondary N) is 4. The van der Waals surface area contributed by atoms with Gasteiger partial charge in [-0.3, -0.25) is 28.8 Å². The van der Waals surface area contributed by atoms with Crippen LogP contribution in [0.3, 0.4) is 0 Å². The van der Waals surface area contributed by atoms with Crippen LogP contribution in [0.4, 0.5) is 0 Å². The van der Waals surface area contributed by atoms with E-state index >= 15 is 0 Å². The molecule has 11 heteroatoms. The van der Waals surface area contributed by atoms with Gasteiger partial charge in [-0.1, -0.05) is 194 Å². The van der Waals surface area contributed by atoms with E-state index in [4.69, 9.17) is 0 Å². The minimum absolute atomic E-state index is 0.00384. The van der Waals surface area contributed by atoms with Crippen LogP contribution in [-0.2, 0) is 33.6 Å². The van der Waals surface area contributed by atoms with E-state index in [-0.39, 0.29) is 66.7 Å². The first-order chi connectivity index (χ1) is 31.9. The Bertz CT molecular complexity index is 1270. The molecule has 0 fully saturated rings. The fourth-order valence-corrected chi connectivity index (χ4v) is 8.57. The number of unbranched alkanes of at least 4 members (excludes halogenated alkanes) is 29. The topological polar surface area (TPSA) is 168 Å². The largest absolute Gasteiger partial charge is 0.354 e. The van der Waals surface area contributed by atoms with E-state index in [9.17, 15) is 33.6 Å². The van der Waals surface area contributed by atoms with Crippen LogP contribution in [0.25, 0.3) is 0 Å². The fraction of sp³-hybridized carbons (Fsp3) is 0.873. The highest BCUT2D eigenvalue weighted by atomic mass is 16.2. The molecule has 0 saturated carbocycles. The normalized spacial score (nSPS) is 12.6. The number of carbonyl (C=O) groups is 7. The zero-order chi connectivity index (χ0) is 48.9. The predicted molar refractivity (Wildman–Crippen MR) is 272 cm³/mol. The van der Waals surface area contributed by atoms with Gasteiger partial charge in [-0.15, -0.1) is 0 Å². The molecule has 0 bridgehead atoms. The van der Waals surface area contributed by atoms with E-state index in [1.54, 1.807) is 0 Å². The minimum Gasteiger partial charge on any atom is -0.354 e. The highest BCUT2D eigenvalue weighted by Gasteiger charge is 2.23. The van der Waals surface area contributed by atoms with Crippen molar-refractivity contribution >= 4 is 41.0 Å². The van der Waals surface area contributed by atoms with Crippen molar-refractivity contribution < 1.29 is 33.6 Å². The molecule has 0 heterocycles. The molecule has 3 unspecified atom stereocenters. The van der Waals surface area contributed by atoms with Crippen molar-refractivity contribution in [1.82, 2.24) is 21.3 Å². The Morgan fingerprint density at radius 2 is 0.621 bits per heavy atom. The zero-order valence-electron chi connectivity index (χ0n) is 43.4. The number of rotatable bonds is 49. The van der Waals surface area contributed by atoms with Gasteiger partial charge in [-0.05, 0) is 65.7 Å². The molecule has 0 aliphatic rings. The number of ketones is 3. The standard InChI is InChI=1S/C55H102N4O7/c1-6-8-10-12-14-16-18-20-22-24-26-28-30-32-34-39-52(63)58-50(48(5)62)43-44-54(65)57-49(47(4)61)38-36-37-45-56-55(66)51(42-41-46(3)60)59-53(64)40-35-33-31-29-27-25-23-21-19-17-15-13-11-9-7-2/h49-51H,6-45H2,1-5H3,(H,56,66)(H,57,65)(H,58,63)(H,59,64). The van der Waals surface area contributed by atoms with Gasteiger partial charge in [0.1, 0.15) is 11.8 Å². The van der Waals surface area contributed by atoms with E-state index in [1.807, 2.05) is 0 Å². The van der Waals surface area contributed by atoms with Crippen molar-refractivity contribution in [2.45, 2.75) is 303 Å². The number of carbonyl (C=O) groups excluding carboxylic acids is 7. The lowest BCUT2D eigenvalue weighted by atomic mass is 10.0. The molecule has 0 radical (unpaired) electrons. The molecular weight excluding hydrogens is 829 g/mol. The first-order valence-electron chi connectivity index (χ1n) is 27.6. The Balaban J connectivity index is 4.34. The van der Waals surface area contributed by atoms with Crippen LogP contribution in [-0.4, -0.2) is 65.6 Å². The smallest absolute Gasteiger partial charge is 0.242 e. The van der Waals surface area contributed by atoms with Crippen molar-refractivity contribution in [3.05, 3.63) is 0 Å². The second-order valence-electron chi connectivity index (χ2n) is 19.5. The fourth-order valence-electron chi connectivity index (χ4n) is 8.57. The van der Waals surface area contributed by atoms with Crippen molar-refractivity contribution in [3.63, 3.8) is 0 Å². The Labute approximate surface area is 404 Å². The Kier molecular flexibility index (Phi) is 43.5. The van der Waals surface area contributed by atoms with Gasteiger partial charge in [0.15, 0.2) is 11.6 Å². The molecular formula is C55H102N4O7. The average molecular weight is 931 g/mol. The van der Waals surface area contributed by atoms with Crippen LogP contribution < -0.4 is 21.3 Å². The number of amides is 4. The summed E-state index contributed by atoms with van der Waals surface area (Å²) in [7, 11) is 0. The predicted octanol–water partition coefficient (Wildman–Crippen LogP) is 12.6. The molecule has 4 N–H and O–H groups in total. The third-order valence-corrected chi connectivity index (χ3v) is 13.0. The molecule has 0 saturated heterocycles. The Hall–Kier alpha value is -3.11. The molecule has 11 nitrogen and oxygen atoms in total. The molecule has 0 aliphatic heterocycles. The van der Waals surface area contributed by atoms with Gasteiger partial charge in [0.2, 0.25) is 23.6 Å². The first-order valence-corrected chi connectivity index (χ1v) is 27.6. The third kappa shape index (κ3) is 41.1. The summed E-state index contributed by atoms with van der Waals surface area (Å²) in [5.74, 6) is -1.49. The second-order valence-corrected chi connectivity index (χ2v) is 19.5. The maximum Gasteiger partial charge on any atom is 0.242 e. The lowest BCUT2D eigenvalue weighted by molar-refractivity contribution is -0.129. The lowest BCUT2D eigenvalue weighted by Crippen LogP contribution is -2.47. The van der Waals surface area contributed by atoms with Gasteiger partial charge >= 0.3 is 0 Å². The molecule has 0 spiro atoms. The van der Waals surface area contributed by atoms with E-state index in [0.717, 1.165) is 38.5 Å². The summed E-state index contributed by atoms with van der Waals surface area (Å²) in [4.78, 5) is 87.7. The van der Waals surface area contributed by atoms with Crippen LogP contribution in [0.15, 0.2) is 0 Å². The van der Waals surface area contributed by atoms with Gasteiger partial charge in [0, 0.05) is 32.2 Å². The molecule has 384 valence electrons. The van der Waals surface area contributed by atoms with E-state index in [2.05, 4.69) is 35.1 Å². The summed E-state index contributed by atoms with van der Waals surface area (Å²) in [5, 5.41) is 11.3. The van der Waals surface area contributed by atoms with Crippen LogP contribution in [0, 0.1) is 0 Å². The monoisotopic (exact) mass is 931 g/mol. The average Bonchev–Trinajstić information content (AvgIpc) is 3.28. The molecule has 0 aromatic carbocycles. The number of hydrogen-bond acceptors (Lipinski definition) is 7. The molecule has 0 rings (SSSR count). The van der Waals surface area contributed by atoms with E-state index in [0.29, 0.717) is 38.6 Å². The summed E-state index contributed by atoms with van der Waals surface area (Å²) in [5.41, 5.74) is 0. The number of hydrogen-bond donors (Lipinski definition) is 4. The number of Topliss-reactive ketones (excluding diaryl/α,β-unsaturated/α-hetero) is 3. The highest BCUT2D eigenvalue weighted by molar-refractivity contribution is 5.90. The molecule has 3 atom stereocenters. The van der Waals surface area contributed by atoms with Crippen molar-refractivity contribution in [2.24, 2.45) is 0 Å². The zero-order valence-corrected chi connectivity index (χ0v) is 43.4. The summed E-state index contributed by atoms with van der Waals surface area (Å²) in [6, 6.07) is -2.25. The van der Waals surface area contributed by atoms with Crippen molar-refractivity contribution in [1.29, 1.82) is 0 Å². The maximum absolute atomic E-state index is 13.1. The summed E-state index contributed by atoms with van der Waals surface area (Å²) < 4.78 is 0. The lowest BCUT2D eigenvalue weighted by Gasteiger charge is -2.19. The first kappa shape index (κ1) is 62.9. The second kappa shape index (κ2) is 45.7.